The van der Waals surface area contributed by atoms with Gasteiger partial charge in [0.2, 0.25) is 5.91 Å². The van der Waals surface area contributed by atoms with Crippen LogP contribution in [0.15, 0.2) is 0 Å². The van der Waals surface area contributed by atoms with Gasteiger partial charge >= 0.3 is 0 Å². The molecule has 0 heterocycles. The molecule has 0 radical (unpaired) electrons. The molecule has 1 aliphatic rings. The van der Waals surface area contributed by atoms with Gasteiger partial charge < -0.3 is 10.6 Å². The lowest BCUT2D eigenvalue weighted by atomic mass is 9.76. The van der Waals surface area contributed by atoms with Gasteiger partial charge in [0.05, 0.1) is 6.04 Å². The molecule has 0 saturated heterocycles. The van der Waals surface area contributed by atoms with E-state index in [-0.39, 0.29) is 11.9 Å². The number of nitrogens with one attached hydrogen (secondary N) is 2. The van der Waals surface area contributed by atoms with Crippen LogP contribution in [0.1, 0.15) is 66.7 Å². The Morgan fingerprint density at radius 1 is 1.21 bits per heavy atom. The fourth-order valence-corrected chi connectivity index (χ4v) is 3.09. The van der Waals surface area contributed by atoms with E-state index in [1.54, 1.807) is 0 Å². The highest BCUT2D eigenvalue weighted by Gasteiger charge is 2.28. The van der Waals surface area contributed by atoms with Crippen molar-refractivity contribution in [3.63, 3.8) is 0 Å². The third kappa shape index (κ3) is 5.52. The first-order valence-corrected chi connectivity index (χ1v) is 7.88. The molecule has 0 aromatic rings. The summed E-state index contributed by atoms with van der Waals surface area (Å²) in [5.74, 6) is 0.943. The van der Waals surface area contributed by atoms with Crippen molar-refractivity contribution >= 4 is 5.91 Å². The van der Waals surface area contributed by atoms with Crippen LogP contribution in [0.3, 0.4) is 0 Å². The smallest absolute Gasteiger partial charge is 0.236 e. The van der Waals surface area contributed by atoms with E-state index in [9.17, 15) is 4.79 Å². The maximum Gasteiger partial charge on any atom is 0.236 e. The Hall–Kier alpha value is -0.570. The van der Waals surface area contributed by atoms with E-state index in [2.05, 4.69) is 31.4 Å². The molecule has 0 aromatic heterocycles. The monoisotopic (exact) mass is 268 g/mol. The molecule has 1 rings (SSSR count). The lowest BCUT2D eigenvalue weighted by molar-refractivity contribution is -0.122. The largest absolute Gasteiger partial charge is 0.355 e. The van der Waals surface area contributed by atoms with E-state index in [1.165, 1.54) is 32.1 Å². The molecule has 2 N–H and O–H groups in total. The number of amides is 1. The molecule has 1 fully saturated rings. The lowest BCUT2D eigenvalue weighted by Crippen LogP contribution is -2.46. The molecule has 0 spiro atoms. The lowest BCUT2D eigenvalue weighted by Gasteiger charge is -2.30. The number of carbonyl (C=O) groups is 1. The first-order chi connectivity index (χ1) is 8.84. The second-order valence-electron chi connectivity index (χ2n) is 7.05. The molecular formula is C16H32N2O. The third-order valence-corrected chi connectivity index (χ3v) is 4.42. The highest BCUT2D eigenvalue weighted by Crippen LogP contribution is 2.36. The highest BCUT2D eigenvalue weighted by molar-refractivity contribution is 5.81. The minimum Gasteiger partial charge on any atom is -0.355 e. The normalized spacial score (nSPS) is 26.6. The highest BCUT2D eigenvalue weighted by atomic mass is 16.2. The van der Waals surface area contributed by atoms with Crippen LogP contribution in [0, 0.1) is 11.3 Å². The molecule has 0 aliphatic heterocycles. The topological polar surface area (TPSA) is 41.1 Å². The van der Waals surface area contributed by atoms with Crippen molar-refractivity contribution in [2.24, 2.45) is 11.3 Å². The van der Waals surface area contributed by atoms with Crippen molar-refractivity contribution < 1.29 is 4.79 Å². The summed E-state index contributed by atoms with van der Waals surface area (Å²) in [5.41, 5.74) is 0.417. The molecule has 1 aliphatic carbocycles. The summed E-state index contributed by atoms with van der Waals surface area (Å²) in [6.07, 6.45) is 6.30. The van der Waals surface area contributed by atoms with Crippen LogP contribution in [0.5, 0.6) is 0 Å². The van der Waals surface area contributed by atoms with Crippen LogP contribution >= 0.6 is 0 Å². The minimum atomic E-state index is -0.0730. The van der Waals surface area contributed by atoms with Crippen molar-refractivity contribution in [2.45, 2.75) is 78.8 Å². The van der Waals surface area contributed by atoms with Crippen LogP contribution in [0.25, 0.3) is 0 Å². The average molecular weight is 268 g/mol. The van der Waals surface area contributed by atoms with Crippen molar-refractivity contribution in [3.8, 4) is 0 Å². The van der Waals surface area contributed by atoms with E-state index in [0.29, 0.717) is 18.0 Å². The molecule has 3 atom stereocenters. The molecule has 1 amide bonds. The van der Waals surface area contributed by atoms with Gasteiger partial charge in [0.1, 0.15) is 0 Å². The summed E-state index contributed by atoms with van der Waals surface area (Å²) < 4.78 is 0. The van der Waals surface area contributed by atoms with Crippen LogP contribution in [0.2, 0.25) is 0 Å². The van der Waals surface area contributed by atoms with Gasteiger partial charge in [-0.2, -0.15) is 0 Å². The zero-order chi connectivity index (χ0) is 14.5. The van der Waals surface area contributed by atoms with Crippen molar-refractivity contribution in [2.75, 3.05) is 6.54 Å². The summed E-state index contributed by atoms with van der Waals surface area (Å²) in [7, 11) is 0. The fourth-order valence-electron chi connectivity index (χ4n) is 3.09. The molecule has 1 saturated carbocycles. The number of rotatable bonds is 4. The van der Waals surface area contributed by atoms with Crippen molar-refractivity contribution in [3.05, 3.63) is 0 Å². The van der Waals surface area contributed by atoms with Crippen LogP contribution in [0.4, 0.5) is 0 Å². The first kappa shape index (κ1) is 16.5. The molecule has 0 bridgehead atoms. The molecule has 3 unspecified atom stereocenters. The maximum atomic E-state index is 11.8. The predicted octanol–water partition coefficient (Wildman–Crippen LogP) is 3.10. The Morgan fingerprint density at radius 3 is 2.47 bits per heavy atom. The van der Waals surface area contributed by atoms with Gasteiger partial charge in [-0.1, -0.05) is 27.2 Å². The first-order valence-electron chi connectivity index (χ1n) is 7.88. The van der Waals surface area contributed by atoms with Gasteiger partial charge in [0.25, 0.3) is 0 Å². The van der Waals surface area contributed by atoms with Crippen LogP contribution in [-0.2, 0) is 4.79 Å². The molecule has 112 valence electrons. The van der Waals surface area contributed by atoms with Gasteiger partial charge in [0, 0.05) is 12.6 Å². The summed E-state index contributed by atoms with van der Waals surface area (Å²) in [4.78, 5) is 11.8. The van der Waals surface area contributed by atoms with E-state index < -0.39 is 0 Å². The van der Waals surface area contributed by atoms with Crippen LogP contribution < -0.4 is 10.6 Å². The Bertz CT molecular complexity index is 283. The van der Waals surface area contributed by atoms with Gasteiger partial charge in [0.15, 0.2) is 0 Å². The molecule has 3 nitrogen and oxygen atoms in total. The third-order valence-electron chi connectivity index (χ3n) is 4.42. The Labute approximate surface area is 118 Å². The van der Waals surface area contributed by atoms with E-state index in [0.717, 1.165) is 5.92 Å². The van der Waals surface area contributed by atoms with Crippen molar-refractivity contribution in [1.82, 2.24) is 10.6 Å². The van der Waals surface area contributed by atoms with Gasteiger partial charge in [-0.15, -0.1) is 0 Å². The van der Waals surface area contributed by atoms with E-state index in [4.69, 9.17) is 0 Å². The SMILES string of the molecule is CCNC(=O)C(C)NC1CCCC(C(C)(C)C)CC1. The standard InChI is InChI=1S/C16H32N2O/c1-6-17-15(19)12(2)18-14-9-7-8-13(10-11-14)16(3,4)5/h12-14,18H,6-11H2,1-5H3,(H,17,19). The predicted molar refractivity (Wildman–Crippen MR) is 81.1 cm³/mol. The van der Waals surface area contributed by atoms with Crippen molar-refractivity contribution in [1.29, 1.82) is 0 Å². The zero-order valence-corrected chi connectivity index (χ0v) is 13.4. The summed E-state index contributed by atoms with van der Waals surface area (Å²) in [6.45, 7) is 11.7. The average Bonchev–Trinajstić information content (AvgIpc) is 2.54. The second kappa shape index (κ2) is 7.28. The van der Waals surface area contributed by atoms with E-state index >= 15 is 0 Å². The molecule has 0 aromatic carbocycles. The fraction of sp³-hybridized carbons (Fsp3) is 0.938. The Morgan fingerprint density at radius 2 is 1.89 bits per heavy atom. The second-order valence-corrected chi connectivity index (χ2v) is 7.05. The Balaban J connectivity index is 2.43. The number of carbonyl (C=O) groups excluding carboxylic acids is 1. The maximum absolute atomic E-state index is 11.8. The quantitative estimate of drug-likeness (QED) is 0.769. The number of hydrogen-bond acceptors (Lipinski definition) is 2. The molecule has 19 heavy (non-hydrogen) atoms. The van der Waals surface area contributed by atoms with Crippen LogP contribution in [-0.4, -0.2) is 24.5 Å². The minimum absolute atomic E-state index is 0.0730. The van der Waals surface area contributed by atoms with Gasteiger partial charge in [-0.05, 0) is 50.9 Å². The van der Waals surface area contributed by atoms with Gasteiger partial charge in [-0.25, -0.2) is 0 Å². The number of likely N-dealkylation sites (N-methyl/N-ethyl adjacent to an activating group) is 1. The summed E-state index contributed by atoms with van der Waals surface area (Å²) in [5, 5.41) is 6.39. The molecular weight excluding hydrogens is 236 g/mol. The Kier molecular flexibility index (Phi) is 6.31. The summed E-state index contributed by atoms with van der Waals surface area (Å²) >= 11 is 0. The summed E-state index contributed by atoms with van der Waals surface area (Å²) in [6, 6.07) is 0.432. The van der Waals surface area contributed by atoms with Gasteiger partial charge in [-0.3, -0.25) is 4.79 Å². The molecule has 3 heteroatoms. The van der Waals surface area contributed by atoms with E-state index in [1.807, 2.05) is 13.8 Å². The number of hydrogen-bond donors (Lipinski definition) is 2. The zero-order valence-electron chi connectivity index (χ0n) is 13.4.